The van der Waals surface area contributed by atoms with Crippen molar-refractivity contribution in [3.05, 3.63) is 77.3 Å². The molecule has 0 aliphatic heterocycles. The maximum atomic E-state index is 13.3. The number of nitrogens with one attached hydrogen (secondary N) is 1. The third-order valence-corrected chi connectivity index (χ3v) is 7.12. The van der Waals surface area contributed by atoms with Gasteiger partial charge in [-0.2, -0.15) is 4.52 Å². The van der Waals surface area contributed by atoms with Gasteiger partial charge in [-0.1, -0.05) is 34.5 Å². The van der Waals surface area contributed by atoms with Crippen LogP contribution in [0, 0.1) is 6.92 Å². The van der Waals surface area contributed by atoms with Crippen LogP contribution in [0.1, 0.15) is 5.56 Å². The molecule has 5 aromatic rings. The zero-order valence-corrected chi connectivity index (χ0v) is 19.2. The predicted octanol–water partition coefficient (Wildman–Crippen LogP) is 4.82. The average molecular weight is 480 g/mol. The van der Waals surface area contributed by atoms with Crippen LogP contribution in [-0.4, -0.2) is 35.3 Å². The maximum Gasteiger partial charge on any atom is 0.229 e. The summed E-state index contributed by atoms with van der Waals surface area (Å²) in [5.41, 5.74) is 2.41. The van der Waals surface area contributed by atoms with Crippen LogP contribution in [0.25, 0.3) is 16.6 Å². The van der Waals surface area contributed by atoms with E-state index in [0.717, 1.165) is 11.3 Å². The third kappa shape index (κ3) is 3.75. The number of anilines is 2. The number of nitrogens with zero attached hydrogens (tertiary/aromatic N) is 4. The van der Waals surface area contributed by atoms with Gasteiger partial charge in [-0.3, -0.25) is 0 Å². The number of aromatic nitrogens is 4. The molecule has 166 valence electrons. The van der Waals surface area contributed by atoms with Crippen LogP contribution in [0.3, 0.4) is 0 Å². The second-order valence-corrected chi connectivity index (χ2v) is 9.72. The highest BCUT2D eigenvalue weighted by Gasteiger charge is 2.27. The summed E-state index contributed by atoms with van der Waals surface area (Å²) >= 11 is 6.24. The molecule has 0 saturated heterocycles. The zero-order chi connectivity index (χ0) is 23.2. The minimum atomic E-state index is -3.94. The Balaban J connectivity index is 1.72. The molecule has 0 spiro atoms. The minimum absolute atomic E-state index is 0.112. The van der Waals surface area contributed by atoms with E-state index in [0.29, 0.717) is 27.5 Å². The molecule has 0 amide bonds. The van der Waals surface area contributed by atoms with Crippen molar-refractivity contribution < 1.29 is 13.2 Å². The Morgan fingerprint density at radius 3 is 2.42 bits per heavy atom. The molecule has 3 aromatic carbocycles. The number of benzene rings is 3. The molecule has 1 N–H and O–H groups in total. The summed E-state index contributed by atoms with van der Waals surface area (Å²) in [6.07, 6.45) is 0. The smallest absolute Gasteiger partial charge is 0.229 e. The van der Waals surface area contributed by atoms with Crippen molar-refractivity contribution in [3.63, 3.8) is 0 Å². The molecule has 0 fully saturated rings. The van der Waals surface area contributed by atoms with Crippen molar-refractivity contribution in [2.75, 3.05) is 12.4 Å². The Bertz CT molecular complexity index is 1600. The van der Waals surface area contributed by atoms with Gasteiger partial charge >= 0.3 is 0 Å². The molecule has 0 atom stereocenters. The fraction of sp³-hybridized carbons (Fsp3) is 0.0870. The summed E-state index contributed by atoms with van der Waals surface area (Å²) in [6, 6.07) is 19.1. The highest BCUT2D eigenvalue weighted by Crippen LogP contribution is 2.31. The monoisotopic (exact) mass is 479 g/mol. The first-order valence-electron chi connectivity index (χ1n) is 9.94. The van der Waals surface area contributed by atoms with Crippen LogP contribution in [0.2, 0.25) is 5.02 Å². The molecule has 10 heteroatoms. The topological polar surface area (TPSA) is 98.5 Å². The first-order valence-corrected chi connectivity index (χ1v) is 11.8. The van der Waals surface area contributed by atoms with E-state index >= 15 is 0 Å². The quantitative estimate of drug-likeness (QED) is 0.385. The van der Waals surface area contributed by atoms with Gasteiger partial charge in [0.1, 0.15) is 11.6 Å². The molecule has 2 heterocycles. The number of rotatable bonds is 5. The van der Waals surface area contributed by atoms with Crippen molar-refractivity contribution in [2.24, 2.45) is 0 Å². The molecule has 0 bridgehead atoms. The molecule has 5 rings (SSSR count). The summed E-state index contributed by atoms with van der Waals surface area (Å²) in [5, 5.41) is 12.3. The number of ether oxygens (including phenoxy) is 1. The summed E-state index contributed by atoms with van der Waals surface area (Å²) in [5.74, 6) is 1.14. The van der Waals surface area contributed by atoms with Gasteiger partial charge in [-0.15, -0.1) is 5.10 Å². The molecule has 0 aliphatic rings. The van der Waals surface area contributed by atoms with E-state index in [2.05, 4.69) is 20.6 Å². The molecule has 0 saturated carbocycles. The lowest BCUT2D eigenvalue weighted by Gasteiger charge is -2.11. The fourth-order valence-electron chi connectivity index (χ4n) is 3.48. The molecule has 0 unspecified atom stereocenters. The Morgan fingerprint density at radius 2 is 1.73 bits per heavy atom. The van der Waals surface area contributed by atoms with Crippen molar-refractivity contribution in [3.8, 4) is 5.75 Å². The van der Waals surface area contributed by atoms with Crippen LogP contribution in [0.5, 0.6) is 5.75 Å². The molecule has 2 aromatic heterocycles. The Labute approximate surface area is 194 Å². The lowest BCUT2D eigenvalue weighted by Crippen LogP contribution is -2.05. The molecule has 8 nitrogen and oxygen atoms in total. The largest absolute Gasteiger partial charge is 0.497 e. The number of hydrogen-bond acceptors (Lipinski definition) is 7. The SMILES string of the molecule is COc1ccc(Nc2nc3c(S(=O)(=O)c4ccc(C)cc4)nnn3c3ccc(Cl)cc23)cc1. The van der Waals surface area contributed by atoms with Crippen molar-refractivity contribution in [1.82, 2.24) is 19.8 Å². The van der Waals surface area contributed by atoms with E-state index in [1.165, 1.54) is 4.52 Å². The highest BCUT2D eigenvalue weighted by molar-refractivity contribution is 7.91. The second kappa shape index (κ2) is 8.02. The van der Waals surface area contributed by atoms with E-state index in [9.17, 15) is 8.42 Å². The number of fused-ring (bicyclic) bond motifs is 3. The minimum Gasteiger partial charge on any atom is -0.497 e. The van der Waals surface area contributed by atoms with Gasteiger partial charge in [0.05, 0.1) is 17.5 Å². The van der Waals surface area contributed by atoms with Crippen molar-refractivity contribution >= 4 is 49.5 Å². The highest BCUT2D eigenvalue weighted by atomic mass is 35.5. The summed E-state index contributed by atoms with van der Waals surface area (Å²) in [4.78, 5) is 4.73. The number of halogens is 1. The van der Waals surface area contributed by atoms with Crippen LogP contribution in [-0.2, 0) is 9.84 Å². The summed E-state index contributed by atoms with van der Waals surface area (Å²) in [6.45, 7) is 1.89. The van der Waals surface area contributed by atoms with E-state index in [-0.39, 0.29) is 15.6 Å². The van der Waals surface area contributed by atoms with E-state index < -0.39 is 9.84 Å². The molecule has 33 heavy (non-hydrogen) atoms. The lowest BCUT2D eigenvalue weighted by atomic mass is 10.2. The van der Waals surface area contributed by atoms with Gasteiger partial charge in [0, 0.05) is 16.1 Å². The van der Waals surface area contributed by atoms with Gasteiger partial charge in [-0.05, 0) is 61.5 Å². The average Bonchev–Trinajstić information content (AvgIpc) is 3.25. The van der Waals surface area contributed by atoms with Gasteiger partial charge < -0.3 is 10.1 Å². The second-order valence-electron chi connectivity index (χ2n) is 7.42. The van der Waals surface area contributed by atoms with E-state index in [1.54, 1.807) is 49.6 Å². The Kier molecular flexibility index (Phi) is 5.15. The number of hydrogen-bond donors (Lipinski definition) is 1. The van der Waals surface area contributed by atoms with Gasteiger partial charge in [-0.25, -0.2) is 13.4 Å². The molecule has 0 radical (unpaired) electrons. The molecular weight excluding hydrogens is 462 g/mol. The van der Waals surface area contributed by atoms with Crippen LogP contribution < -0.4 is 10.1 Å². The summed E-state index contributed by atoms with van der Waals surface area (Å²) < 4.78 is 33.3. The van der Waals surface area contributed by atoms with Crippen molar-refractivity contribution in [1.29, 1.82) is 0 Å². The molecular formula is C23H18ClN5O3S. The van der Waals surface area contributed by atoms with Crippen LogP contribution in [0.4, 0.5) is 11.5 Å². The number of aryl methyl sites for hydroxylation is 1. The van der Waals surface area contributed by atoms with Crippen LogP contribution in [0.15, 0.2) is 76.7 Å². The Hall–Kier alpha value is -3.69. The lowest BCUT2D eigenvalue weighted by molar-refractivity contribution is 0.415. The standard InChI is InChI=1S/C23H18ClN5O3S/c1-14-3-10-18(11-4-14)33(30,31)23-22-26-21(25-16-6-8-17(32-2)9-7-16)19-13-15(24)5-12-20(19)29(22)28-27-23/h3-13H,1-2H3,(H,25,26). The van der Waals surface area contributed by atoms with Gasteiger partial charge in [0.2, 0.25) is 14.9 Å². The molecule has 0 aliphatic carbocycles. The first-order chi connectivity index (χ1) is 15.9. The fourth-order valence-corrected chi connectivity index (χ4v) is 4.88. The van der Waals surface area contributed by atoms with E-state index in [4.69, 9.17) is 16.3 Å². The maximum absolute atomic E-state index is 13.3. The van der Waals surface area contributed by atoms with Crippen LogP contribution >= 0.6 is 11.6 Å². The predicted molar refractivity (Wildman–Crippen MR) is 126 cm³/mol. The number of sulfone groups is 1. The van der Waals surface area contributed by atoms with Gasteiger partial charge in [0.15, 0.2) is 5.65 Å². The third-order valence-electron chi connectivity index (χ3n) is 5.22. The van der Waals surface area contributed by atoms with E-state index in [1.807, 2.05) is 31.2 Å². The zero-order valence-electron chi connectivity index (χ0n) is 17.7. The normalized spacial score (nSPS) is 11.7. The van der Waals surface area contributed by atoms with Gasteiger partial charge in [0.25, 0.3) is 0 Å². The number of methoxy groups -OCH3 is 1. The Morgan fingerprint density at radius 1 is 1.00 bits per heavy atom. The van der Waals surface area contributed by atoms with Crippen molar-refractivity contribution in [2.45, 2.75) is 16.8 Å². The summed E-state index contributed by atoms with van der Waals surface area (Å²) in [7, 11) is -2.35. The first kappa shape index (κ1) is 21.2.